The van der Waals surface area contributed by atoms with Gasteiger partial charge in [0, 0.05) is 18.2 Å². The lowest BCUT2D eigenvalue weighted by atomic mass is 10.0. The third-order valence-corrected chi connectivity index (χ3v) is 4.67. The quantitative estimate of drug-likeness (QED) is 0.841. The van der Waals surface area contributed by atoms with Gasteiger partial charge in [0.2, 0.25) is 0 Å². The van der Waals surface area contributed by atoms with Gasteiger partial charge < -0.3 is 14.7 Å². The molecule has 0 aliphatic carbocycles. The molecule has 1 aliphatic heterocycles. The molecule has 0 aromatic heterocycles. The molecular formula is C17H23Cl2NO3. The molecule has 2 rings (SSSR count). The summed E-state index contributed by atoms with van der Waals surface area (Å²) in [6.07, 6.45) is 1.06. The monoisotopic (exact) mass is 359 g/mol. The van der Waals surface area contributed by atoms with E-state index in [9.17, 15) is 9.90 Å². The Morgan fingerprint density at radius 3 is 2.78 bits per heavy atom. The molecule has 128 valence electrons. The number of benzene rings is 1. The third kappa shape index (κ3) is 4.75. The Labute approximate surface area is 147 Å². The molecule has 1 heterocycles. The first-order valence-electron chi connectivity index (χ1n) is 7.80. The Morgan fingerprint density at radius 1 is 1.43 bits per heavy atom. The van der Waals surface area contributed by atoms with E-state index in [0.29, 0.717) is 28.6 Å². The second-order valence-electron chi connectivity index (χ2n) is 6.86. The number of amides is 1. The summed E-state index contributed by atoms with van der Waals surface area (Å²) in [5.41, 5.74) is 0.0641. The van der Waals surface area contributed by atoms with Crippen molar-refractivity contribution in [3.63, 3.8) is 0 Å². The van der Waals surface area contributed by atoms with E-state index in [1.165, 1.54) is 0 Å². The number of likely N-dealkylation sites (tertiary alicyclic amines) is 1. The minimum Gasteiger partial charge on any atom is -0.444 e. The molecule has 1 aromatic carbocycles. The number of carbonyl (C=O) groups excluding carboxylic acids is 1. The van der Waals surface area contributed by atoms with Crippen LogP contribution in [0, 0.1) is 0 Å². The van der Waals surface area contributed by atoms with Gasteiger partial charge in [-0.15, -0.1) is 0 Å². The molecule has 0 bridgehead atoms. The number of nitrogens with zero attached hydrogens (tertiary/aromatic N) is 1. The van der Waals surface area contributed by atoms with Crippen molar-refractivity contribution < 1.29 is 14.6 Å². The second kappa shape index (κ2) is 7.29. The van der Waals surface area contributed by atoms with Crippen LogP contribution in [0.2, 0.25) is 10.0 Å². The van der Waals surface area contributed by atoms with Crippen molar-refractivity contribution in [2.24, 2.45) is 0 Å². The van der Waals surface area contributed by atoms with E-state index in [0.717, 1.165) is 12.8 Å². The van der Waals surface area contributed by atoms with Gasteiger partial charge in [0.05, 0.1) is 16.1 Å². The minimum absolute atomic E-state index is 0.0603. The largest absolute Gasteiger partial charge is 0.444 e. The molecule has 1 saturated heterocycles. The Balaban J connectivity index is 2.06. The normalized spacial score (nSPS) is 19.7. The third-order valence-electron chi connectivity index (χ3n) is 3.84. The molecule has 2 atom stereocenters. The number of hydrogen-bond donors (Lipinski definition) is 1. The van der Waals surface area contributed by atoms with Gasteiger partial charge in [-0.1, -0.05) is 35.3 Å². The molecule has 0 spiro atoms. The predicted molar refractivity (Wildman–Crippen MR) is 92.0 cm³/mol. The molecule has 4 nitrogen and oxygen atoms in total. The first kappa shape index (κ1) is 18.4. The highest BCUT2D eigenvalue weighted by Gasteiger charge is 2.33. The standard InChI is InChI=1S/C17H23Cl2NO3/c1-17(2,3)23-16(22)20-9-5-6-11(20)10-14(21)12-7-4-8-13(18)15(12)19/h4,7-8,11,14,21H,5-6,9-10H2,1-3H3. The Morgan fingerprint density at radius 2 is 2.13 bits per heavy atom. The maximum absolute atomic E-state index is 12.3. The van der Waals surface area contributed by atoms with Gasteiger partial charge in [-0.3, -0.25) is 0 Å². The van der Waals surface area contributed by atoms with E-state index >= 15 is 0 Å². The molecule has 0 radical (unpaired) electrons. The molecule has 1 aromatic rings. The van der Waals surface area contributed by atoms with E-state index in [2.05, 4.69) is 0 Å². The number of aliphatic hydroxyl groups is 1. The van der Waals surface area contributed by atoms with Crippen LogP contribution in [0.3, 0.4) is 0 Å². The topological polar surface area (TPSA) is 49.8 Å². The van der Waals surface area contributed by atoms with Gasteiger partial charge in [-0.2, -0.15) is 0 Å². The molecule has 23 heavy (non-hydrogen) atoms. The van der Waals surface area contributed by atoms with Gasteiger partial charge in [-0.25, -0.2) is 4.79 Å². The van der Waals surface area contributed by atoms with Crippen LogP contribution in [0.15, 0.2) is 18.2 Å². The molecule has 0 saturated carbocycles. The van der Waals surface area contributed by atoms with Gasteiger partial charge >= 0.3 is 6.09 Å². The lowest BCUT2D eigenvalue weighted by Crippen LogP contribution is -2.40. The molecule has 6 heteroatoms. The summed E-state index contributed by atoms with van der Waals surface area (Å²) in [6.45, 7) is 6.18. The van der Waals surface area contributed by atoms with Crippen molar-refractivity contribution in [2.45, 2.75) is 57.8 Å². The minimum atomic E-state index is -0.769. The van der Waals surface area contributed by atoms with E-state index in [-0.39, 0.29) is 12.1 Å². The average molecular weight is 360 g/mol. The first-order valence-corrected chi connectivity index (χ1v) is 8.56. The van der Waals surface area contributed by atoms with Crippen LogP contribution < -0.4 is 0 Å². The fraction of sp³-hybridized carbons (Fsp3) is 0.588. The van der Waals surface area contributed by atoms with Crippen LogP contribution in [-0.2, 0) is 4.74 Å². The highest BCUT2D eigenvalue weighted by molar-refractivity contribution is 6.42. The summed E-state index contributed by atoms with van der Waals surface area (Å²) < 4.78 is 5.44. The number of ether oxygens (including phenoxy) is 1. The smallest absolute Gasteiger partial charge is 0.410 e. The van der Waals surface area contributed by atoms with Gasteiger partial charge in [0.25, 0.3) is 0 Å². The fourth-order valence-electron chi connectivity index (χ4n) is 2.80. The van der Waals surface area contributed by atoms with Crippen molar-refractivity contribution in [3.8, 4) is 0 Å². The number of rotatable bonds is 3. The Kier molecular flexibility index (Phi) is 5.82. The van der Waals surface area contributed by atoms with E-state index in [4.69, 9.17) is 27.9 Å². The van der Waals surface area contributed by atoms with Crippen molar-refractivity contribution in [1.29, 1.82) is 0 Å². The zero-order valence-electron chi connectivity index (χ0n) is 13.7. The van der Waals surface area contributed by atoms with Gasteiger partial charge in [0.15, 0.2) is 0 Å². The van der Waals surface area contributed by atoms with E-state index in [1.54, 1.807) is 23.1 Å². The van der Waals surface area contributed by atoms with Gasteiger partial charge in [0.1, 0.15) is 5.60 Å². The van der Waals surface area contributed by atoms with Crippen LogP contribution in [0.4, 0.5) is 4.79 Å². The maximum atomic E-state index is 12.3. The van der Waals surface area contributed by atoms with E-state index < -0.39 is 11.7 Å². The first-order chi connectivity index (χ1) is 10.7. The van der Waals surface area contributed by atoms with E-state index in [1.807, 2.05) is 20.8 Å². The summed E-state index contributed by atoms with van der Waals surface area (Å²) in [7, 11) is 0. The highest BCUT2D eigenvalue weighted by Crippen LogP contribution is 2.34. The van der Waals surface area contributed by atoms with Crippen LogP contribution in [0.25, 0.3) is 0 Å². The Hall–Kier alpha value is -0.970. The SMILES string of the molecule is CC(C)(C)OC(=O)N1CCCC1CC(O)c1cccc(Cl)c1Cl. The van der Waals surface area contributed by atoms with Crippen LogP contribution >= 0.6 is 23.2 Å². The average Bonchev–Trinajstić information content (AvgIpc) is 2.88. The zero-order chi connectivity index (χ0) is 17.2. The number of carbonyl (C=O) groups is 1. The summed E-state index contributed by atoms with van der Waals surface area (Å²) in [5, 5.41) is 11.3. The van der Waals surface area contributed by atoms with Crippen molar-refractivity contribution in [1.82, 2.24) is 4.90 Å². The molecular weight excluding hydrogens is 337 g/mol. The van der Waals surface area contributed by atoms with Crippen LogP contribution in [-0.4, -0.2) is 34.3 Å². The second-order valence-corrected chi connectivity index (χ2v) is 7.65. The molecule has 2 unspecified atom stereocenters. The summed E-state index contributed by atoms with van der Waals surface area (Å²) in [6, 6.07) is 5.14. The van der Waals surface area contributed by atoms with Crippen molar-refractivity contribution in [2.75, 3.05) is 6.54 Å². The lowest BCUT2D eigenvalue weighted by Gasteiger charge is -2.29. The molecule has 1 fully saturated rings. The van der Waals surface area contributed by atoms with Gasteiger partial charge in [-0.05, 0) is 46.1 Å². The highest BCUT2D eigenvalue weighted by atomic mass is 35.5. The fourth-order valence-corrected chi connectivity index (χ4v) is 3.24. The predicted octanol–water partition coefficient (Wildman–Crippen LogP) is 4.82. The Bertz CT molecular complexity index is 571. The molecule has 1 aliphatic rings. The van der Waals surface area contributed by atoms with Crippen molar-refractivity contribution in [3.05, 3.63) is 33.8 Å². The van der Waals surface area contributed by atoms with Crippen LogP contribution in [0.5, 0.6) is 0 Å². The summed E-state index contributed by atoms with van der Waals surface area (Å²) in [4.78, 5) is 14.0. The lowest BCUT2D eigenvalue weighted by molar-refractivity contribution is 0.0178. The molecule has 1 amide bonds. The van der Waals surface area contributed by atoms with Crippen molar-refractivity contribution >= 4 is 29.3 Å². The summed E-state index contributed by atoms with van der Waals surface area (Å²) in [5.74, 6) is 0. The summed E-state index contributed by atoms with van der Waals surface area (Å²) >= 11 is 12.2. The number of hydrogen-bond acceptors (Lipinski definition) is 3. The number of aliphatic hydroxyl groups excluding tert-OH is 1. The molecule has 1 N–H and O–H groups in total. The zero-order valence-corrected chi connectivity index (χ0v) is 15.2. The number of halogens is 2. The maximum Gasteiger partial charge on any atom is 0.410 e. The van der Waals surface area contributed by atoms with Crippen LogP contribution in [0.1, 0.15) is 51.7 Å².